The highest BCUT2D eigenvalue weighted by Crippen LogP contribution is 2.36. The summed E-state index contributed by atoms with van der Waals surface area (Å²) in [5.41, 5.74) is 0. The van der Waals surface area contributed by atoms with Gasteiger partial charge in [0, 0.05) is 0 Å². The fourth-order valence-corrected chi connectivity index (χ4v) is 1.60. The second kappa shape index (κ2) is 6.03. The quantitative estimate of drug-likeness (QED) is 0.530. The van der Waals surface area contributed by atoms with Crippen molar-refractivity contribution in [3.8, 4) is 0 Å². The molecule has 4 nitrogen and oxygen atoms in total. The van der Waals surface area contributed by atoms with Gasteiger partial charge in [0.2, 0.25) is 0 Å². The minimum Gasteiger partial charge on any atom is -0.462 e. The molecule has 0 spiro atoms. The highest BCUT2D eigenvalue weighted by atomic mass is 16.6. The van der Waals surface area contributed by atoms with Crippen LogP contribution in [0.3, 0.4) is 0 Å². The van der Waals surface area contributed by atoms with Crippen molar-refractivity contribution >= 4 is 11.9 Å². The van der Waals surface area contributed by atoms with Gasteiger partial charge in [0.1, 0.15) is 0 Å². The number of ether oxygens (including phenoxy) is 2. The number of hydrogen-bond acceptors (Lipinski definition) is 4. The van der Waals surface area contributed by atoms with Crippen LogP contribution in [0.5, 0.6) is 0 Å². The van der Waals surface area contributed by atoms with Crippen molar-refractivity contribution in [1.29, 1.82) is 0 Å². The molecule has 0 aromatic carbocycles. The van der Waals surface area contributed by atoms with E-state index >= 15 is 0 Å². The average molecular weight is 242 g/mol. The Morgan fingerprint density at radius 1 is 1.00 bits per heavy atom. The standard InChI is InChI=1S/C13H22O4/c1-8(2)16-12(14)11(7-10-5-6-10)13(15)17-9(3)4/h8-11H,5-7H2,1-4H3. The molecular formula is C13H22O4. The SMILES string of the molecule is CC(C)OC(=O)C(CC1CC1)C(=O)OC(C)C. The molecule has 1 fully saturated rings. The Bertz CT molecular complexity index is 257. The Balaban J connectivity index is 2.57. The molecule has 0 bridgehead atoms. The molecule has 1 saturated carbocycles. The summed E-state index contributed by atoms with van der Waals surface area (Å²) in [5, 5.41) is 0. The van der Waals surface area contributed by atoms with E-state index in [4.69, 9.17) is 9.47 Å². The largest absolute Gasteiger partial charge is 0.462 e. The topological polar surface area (TPSA) is 52.6 Å². The fraction of sp³-hybridized carbons (Fsp3) is 0.846. The first-order valence-electron chi connectivity index (χ1n) is 6.31. The predicted octanol–water partition coefficient (Wildman–Crippen LogP) is 2.31. The molecule has 0 saturated heterocycles. The Morgan fingerprint density at radius 3 is 1.71 bits per heavy atom. The smallest absolute Gasteiger partial charge is 0.320 e. The summed E-state index contributed by atoms with van der Waals surface area (Å²) >= 11 is 0. The Morgan fingerprint density at radius 2 is 1.41 bits per heavy atom. The molecular weight excluding hydrogens is 220 g/mol. The lowest BCUT2D eigenvalue weighted by Crippen LogP contribution is -2.31. The summed E-state index contributed by atoms with van der Waals surface area (Å²) in [7, 11) is 0. The minimum atomic E-state index is -0.743. The lowest BCUT2D eigenvalue weighted by atomic mass is 10.0. The van der Waals surface area contributed by atoms with E-state index in [2.05, 4.69) is 0 Å². The molecule has 0 aromatic heterocycles. The molecule has 0 unspecified atom stereocenters. The number of esters is 2. The van der Waals surface area contributed by atoms with E-state index in [1.807, 2.05) is 0 Å². The fourth-order valence-electron chi connectivity index (χ4n) is 1.60. The molecule has 0 radical (unpaired) electrons. The molecule has 98 valence electrons. The Hall–Kier alpha value is -1.06. The van der Waals surface area contributed by atoms with E-state index < -0.39 is 17.9 Å². The van der Waals surface area contributed by atoms with Gasteiger partial charge in [-0.1, -0.05) is 12.8 Å². The van der Waals surface area contributed by atoms with Crippen molar-refractivity contribution in [3.05, 3.63) is 0 Å². The van der Waals surface area contributed by atoms with Crippen LogP contribution in [0.25, 0.3) is 0 Å². The first kappa shape index (κ1) is 14.0. The maximum atomic E-state index is 11.8. The van der Waals surface area contributed by atoms with Crippen LogP contribution in [-0.2, 0) is 19.1 Å². The first-order valence-corrected chi connectivity index (χ1v) is 6.31. The van der Waals surface area contributed by atoms with Crippen molar-refractivity contribution in [3.63, 3.8) is 0 Å². The van der Waals surface area contributed by atoms with Gasteiger partial charge in [-0.15, -0.1) is 0 Å². The molecule has 0 aliphatic heterocycles. The van der Waals surface area contributed by atoms with Crippen molar-refractivity contribution in [2.45, 2.75) is 59.2 Å². The Kier molecular flexibility index (Phi) is 4.97. The molecule has 1 aliphatic rings. The summed E-state index contributed by atoms with van der Waals surface area (Å²) in [5.74, 6) is -1.15. The van der Waals surface area contributed by atoms with Crippen LogP contribution in [0, 0.1) is 11.8 Å². The third-order valence-electron chi connectivity index (χ3n) is 2.54. The molecule has 0 heterocycles. The van der Waals surface area contributed by atoms with Crippen LogP contribution in [-0.4, -0.2) is 24.1 Å². The molecule has 4 heteroatoms. The van der Waals surface area contributed by atoms with E-state index in [0.717, 1.165) is 12.8 Å². The van der Waals surface area contributed by atoms with Gasteiger partial charge in [-0.2, -0.15) is 0 Å². The lowest BCUT2D eigenvalue weighted by Gasteiger charge is -2.18. The molecule has 0 aromatic rings. The summed E-state index contributed by atoms with van der Waals surface area (Å²) in [6, 6.07) is 0. The van der Waals surface area contributed by atoms with Gasteiger partial charge < -0.3 is 9.47 Å². The van der Waals surface area contributed by atoms with Crippen LogP contribution in [0.2, 0.25) is 0 Å². The van der Waals surface area contributed by atoms with E-state index in [-0.39, 0.29) is 12.2 Å². The van der Waals surface area contributed by atoms with Crippen molar-refractivity contribution in [1.82, 2.24) is 0 Å². The maximum absolute atomic E-state index is 11.8. The second-order valence-electron chi connectivity index (χ2n) is 5.20. The van der Waals surface area contributed by atoms with Gasteiger partial charge in [0.05, 0.1) is 12.2 Å². The maximum Gasteiger partial charge on any atom is 0.320 e. The summed E-state index contributed by atoms with van der Waals surface area (Å²) < 4.78 is 10.2. The van der Waals surface area contributed by atoms with E-state index in [1.54, 1.807) is 27.7 Å². The first-order chi connectivity index (χ1) is 7.90. The lowest BCUT2D eigenvalue weighted by molar-refractivity contribution is -0.166. The molecule has 0 N–H and O–H groups in total. The molecule has 17 heavy (non-hydrogen) atoms. The summed E-state index contributed by atoms with van der Waals surface area (Å²) in [4.78, 5) is 23.6. The normalized spacial score (nSPS) is 15.5. The van der Waals surface area contributed by atoms with Gasteiger partial charge in [-0.3, -0.25) is 9.59 Å². The predicted molar refractivity (Wildman–Crippen MR) is 63.3 cm³/mol. The highest BCUT2D eigenvalue weighted by Gasteiger charge is 2.36. The average Bonchev–Trinajstić information content (AvgIpc) is 2.94. The Labute approximate surface area is 103 Å². The van der Waals surface area contributed by atoms with Crippen LogP contribution in [0.1, 0.15) is 47.0 Å². The van der Waals surface area contributed by atoms with Crippen LogP contribution >= 0.6 is 0 Å². The molecule has 0 atom stereocenters. The molecule has 1 rings (SSSR count). The summed E-state index contributed by atoms with van der Waals surface area (Å²) in [6.07, 6.45) is 2.37. The van der Waals surface area contributed by atoms with Crippen LogP contribution in [0.4, 0.5) is 0 Å². The number of hydrogen-bond donors (Lipinski definition) is 0. The van der Waals surface area contributed by atoms with Crippen LogP contribution in [0.15, 0.2) is 0 Å². The van der Waals surface area contributed by atoms with E-state index in [0.29, 0.717) is 12.3 Å². The third-order valence-corrected chi connectivity index (χ3v) is 2.54. The zero-order chi connectivity index (χ0) is 13.0. The van der Waals surface area contributed by atoms with Gasteiger partial charge in [0.25, 0.3) is 0 Å². The number of carbonyl (C=O) groups is 2. The third kappa shape index (κ3) is 5.20. The number of rotatable bonds is 6. The highest BCUT2D eigenvalue weighted by molar-refractivity contribution is 5.95. The van der Waals surface area contributed by atoms with Gasteiger partial charge >= 0.3 is 11.9 Å². The zero-order valence-electron chi connectivity index (χ0n) is 11.1. The number of carbonyl (C=O) groups excluding carboxylic acids is 2. The van der Waals surface area contributed by atoms with Gasteiger partial charge in [0.15, 0.2) is 5.92 Å². The van der Waals surface area contributed by atoms with E-state index in [9.17, 15) is 9.59 Å². The minimum absolute atomic E-state index is 0.198. The van der Waals surface area contributed by atoms with Crippen molar-refractivity contribution in [2.75, 3.05) is 0 Å². The van der Waals surface area contributed by atoms with Crippen molar-refractivity contribution < 1.29 is 19.1 Å². The molecule has 1 aliphatic carbocycles. The second-order valence-corrected chi connectivity index (χ2v) is 5.20. The van der Waals surface area contributed by atoms with Gasteiger partial charge in [-0.25, -0.2) is 0 Å². The van der Waals surface area contributed by atoms with E-state index in [1.165, 1.54) is 0 Å². The summed E-state index contributed by atoms with van der Waals surface area (Å²) in [6.45, 7) is 7.11. The van der Waals surface area contributed by atoms with Gasteiger partial charge in [-0.05, 0) is 40.0 Å². The van der Waals surface area contributed by atoms with Crippen LogP contribution < -0.4 is 0 Å². The monoisotopic (exact) mass is 242 g/mol. The molecule has 0 amide bonds. The zero-order valence-corrected chi connectivity index (χ0v) is 11.1. The van der Waals surface area contributed by atoms with Crippen molar-refractivity contribution in [2.24, 2.45) is 11.8 Å².